The van der Waals surface area contributed by atoms with E-state index in [-0.39, 0.29) is 10.8 Å². The van der Waals surface area contributed by atoms with Crippen LogP contribution in [0.5, 0.6) is 5.88 Å². The first-order chi connectivity index (χ1) is 8.47. The molecule has 1 heterocycles. The molecule has 18 heavy (non-hydrogen) atoms. The first-order valence-electron chi connectivity index (χ1n) is 5.04. The molecule has 1 aromatic heterocycles. The molecule has 0 saturated carbocycles. The molecule has 0 spiro atoms. The minimum absolute atomic E-state index is 0.0288. The fraction of sp³-hybridized carbons (Fsp3) is 0.0909. The quantitative estimate of drug-likeness (QED) is 0.832. The van der Waals surface area contributed by atoms with Crippen LogP contribution in [-0.2, 0) is 10.1 Å². The van der Waals surface area contributed by atoms with Crippen LogP contribution in [0.2, 0.25) is 0 Å². The lowest BCUT2D eigenvalue weighted by molar-refractivity contribution is 0.471. The Morgan fingerprint density at radius 1 is 1.11 bits per heavy atom. The second-order valence-corrected chi connectivity index (χ2v) is 5.16. The SMILES string of the molecule is Cc1ccc(S(=O)(=O)Oc2ccc(=O)[nH]n2)cc1. The number of aromatic amines is 1. The van der Waals surface area contributed by atoms with Crippen molar-refractivity contribution in [1.82, 2.24) is 10.2 Å². The Morgan fingerprint density at radius 3 is 2.33 bits per heavy atom. The van der Waals surface area contributed by atoms with Crippen molar-refractivity contribution in [3.8, 4) is 5.88 Å². The Bertz CT molecular complexity index is 684. The van der Waals surface area contributed by atoms with Crippen LogP contribution in [0.3, 0.4) is 0 Å². The van der Waals surface area contributed by atoms with E-state index in [0.717, 1.165) is 11.6 Å². The van der Waals surface area contributed by atoms with E-state index in [0.29, 0.717) is 0 Å². The van der Waals surface area contributed by atoms with Gasteiger partial charge in [0.2, 0.25) is 0 Å². The van der Waals surface area contributed by atoms with Crippen LogP contribution in [-0.4, -0.2) is 18.6 Å². The Kier molecular flexibility index (Phi) is 3.15. The van der Waals surface area contributed by atoms with Crippen molar-refractivity contribution in [2.24, 2.45) is 0 Å². The van der Waals surface area contributed by atoms with Crippen LogP contribution >= 0.6 is 0 Å². The van der Waals surface area contributed by atoms with Crippen LogP contribution in [0, 0.1) is 6.92 Å². The third-order valence-corrected chi connectivity index (χ3v) is 3.40. The fourth-order valence-corrected chi connectivity index (χ4v) is 2.13. The van der Waals surface area contributed by atoms with Crippen LogP contribution in [0.4, 0.5) is 0 Å². The molecule has 2 aromatic rings. The van der Waals surface area contributed by atoms with E-state index in [1.807, 2.05) is 6.92 Å². The van der Waals surface area contributed by atoms with E-state index >= 15 is 0 Å². The van der Waals surface area contributed by atoms with Crippen molar-refractivity contribution >= 4 is 10.1 Å². The Morgan fingerprint density at radius 2 is 1.78 bits per heavy atom. The molecular weight excluding hydrogens is 256 g/mol. The van der Waals surface area contributed by atoms with Gasteiger partial charge in [-0.1, -0.05) is 17.7 Å². The van der Waals surface area contributed by atoms with Crippen molar-refractivity contribution < 1.29 is 12.6 Å². The van der Waals surface area contributed by atoms with Crippen LogP contribution in [0.15, 0.2) is 46.1 Å². The number of benzene rings is 1. The lowest BCUT2D eigenvalue weighted by atomic mass is 10.2. The summed E-state index contributed by atoms with van der Waals surface area (Å²) in [4.78, 5) is 10.8. The predicted octanol–water partition coefficient (Wildman–Crippen LogP) is 0.846. The molecule has 1 aromatic carbocycles. The second kappa shape index (κ2) is 4.61. The highest BCUT2D eigenvalue weighted by molar-refractivity contribution is 7.87. The summed E-state index contributed by atoms with van der Waals surface area (Å²) in [5, 5.41) is 5.56. The smallest absolute Gasteiger partial charge is 0.340 e. The number of hydrogen-bond donors (Lipinski definition) is 1. The van der Waals surface area contributed by atoms with Gasteiger partial charge in [-0.3, -0.25) is 4.79 Å². The molecule has 0 radical (unpaired) electrons. The zero-order valence-corrected chi connectivity index (χ0v) is 10.3. The number of hydrogen-bond acceptors (Lipinski definition) is 5. The van der Waals surface area contributed by atoms with Crippen molar-refractivity contribution in [2.75, 3.05) is 0 Å². The van der Waals surface area contributed by atoms with E-state index < -0.39 is 15.7 Å². The number of aryl methyl sites for hydroxylation is 1. The molecular formula is C11H10N2O4S. The average Bonchev–Trinajstić information content (AvgIpc) is 2.32. The van der Waals surface area contributed by atoms with Gasteiger partial charge in [0.05, 0.1) is 0 Å². The van der Waals surface area contributed by atoms with Crippen molar-refractivity contribution in [1.29, 1.82) is 0 Å². The largest absolute Gasteiger partial charge is 0.357 e. The first-order valence-corrected chi connectivity index (χ1v) is 6.45. The van der Waals surface area contributed by atoms with E-state index in [1.54, 1.807) is 12.1 Å². The van der Waals surface area contributed by atoms with Gasteiger partial charge in [-0.05, 0) is 19.1 Å². The van der Waals surface area contributed by atoms with E-state index in [2.05, 4.69) is 10.2 Å². The van der Waals surface area contributed by atoms with Gasteiger partial charge >= 0.3 is 10.1 Å². The number of aromatic nitrogens is 2. The topological polar surface area (TPSA) is 89.1 Å². The molecule has 0 amide bonds. The molecule has 6 nitrogen and oxygen atoms in total. The van der Waals surface area contributed by atoms with Gasteiger partial charge in [-0.25, -0.2) is 5.10 Å². The highest BCUT2D eigenvalue weighted by atomic mass is 32.2. The highest BCUT2D eigenvalue weighted by Crippen LogP contribution is 2.15. The van der Waals surface area contributed by atoms with Gasteiger partial charge in [0.1, 0.15) is 4.90 Å². The molecule has 0 aliphatic carbocycles. The van der Waals surface area contributed by atoms with Crippen LogP contribution in [0.1, 0.15) is 5.56 Å². The average molecular weight is 266 g/mol. The maximum Gasteiger partial charge on any atom is 0.340 e. The number of H-pyrrole nitrogens is 1. The summed E-state index contributed by atoms with van der Waals surface area (Å²) in [5.74, 6) is -0.185. The normalized spacial score (nSPS) is 11.2. The number of nitrogens with zero attached hydrogens (tertiary/aromatic N) is 1. The van der Waals surface area contributed by atoms with Gasteiger partial charge < -0.3 is 4.18 Å². The summed E-state index contributed by atoms with van der Waals surface area (Å²) < 4.78 is 28.5. The molecule has 0 aliphatic rings. The first kappa shape index (κ1) is 12.3. The van der Waals surface area contributed by atoms with Crippen LogP contribution in [0.25, 0.3) is 0 Å². The van der Waals surface area contributed by atoms with Gasteiger partial charge in [0.25, 0.3) is 11.4 Å². The summed E-state index contributed by atoms with van der Waals surface area (Å²) >= 11 is 0. The minimum Gasteiger partial charge on any atom is -0.357 e. The second-order valence-electron chi connectivity index (χ2n) is 3.61. The Labute approximate surface area is 103 Å². The third-order valence-electron chi connectivity index (χ3n) is 2.16. The summed E-state index contributed by atoms with van der Waals surface area (Å²) in [5.41, 5.74) is 0.506. The van der Waals surface area contributed by atoms with E-state index in [1.165, 1.54) is 18.2 Å². The molecule has 0 unspecified atom stereocenters. The molecule has 2 rings (SSSR count). The summed E-state index contributed by atoms with van der Waals surface area (Å²) in [6.07, 6.45) is 0. The number of rotatable bonds is 3. The molecule has 0 atom stereocenters. The van der Waals surface area contributed by atoms with Crippen molar-refractivity contribution in [2.45, 2.75) is 11.8 Å². The lowest BCUT2D eigenvalue weighted by Crippen LogP contribution is -2.13. The minimum atomic E-state index is -3.93. The van der Waals surface area contributed by atoms with Gasteiger partial charge in [0.15, 0.2) is 0 Å². The van der Waals surface area contributed by atoms with Crippen molar-refractivity contribution in [3.05, 3.63) is 52.3 Å². The van der Waals surface area contributed by atoms with Gasteiger partial charge in [-0.2, -0.15) is 8.42 Å². The predicted molar refractivity (Wildman–Crippen MR) is 63.9 cm³/mol. The standard InChI is InChI=1S/C11H10N2O4S/c1-8-2-4-9(5-3-8)18(15,16)17-11-7-6-10(14)12-13-11/h2-7H,1H3,(H,12,14). The van der Waals surface area contributed by atoms with Crippen molar-refractivity contribution in [3.63, 3.8) is 0 Å². The molecule has 0 aliphatic heterocycles. The zero-order chi connectivity index (χ0) is 13.2. The molecule has 1 N–H and O–H groups in total. The van der Waals surface area contributed by atoms with Gasteiger partial charge in [-0.15, -0.1) is 5.10 Å². The van der Waals surface area contributed by atoms with E-state index in [4.69, 9.17) is 4.18 Å². The Balaban J connectivity index is 2.29. The maximum atomic E-state index is 11.8. The summed E-state index contributed by atoms with van der Waals surface area (Å²) in [6.45, 7) is 1.85. The van der Waals surface area contributed by atoms with Crippen LogP contribution < -0.4 is 9.74 Å². The van der Waals surface area contributed by atoms with Gasteiger partial charge in [0, 0.05) is 12.1 Å². The molecule has 0 bridgehead atoms. The zero-order valence-electron chi connectivity index (χ0n) is 9.45. The lowest BCUT2D eigenvalue weighted by Gasteiger charge is -2.05. The fourth-order valence-electron chi connectivity index (χ4n) is 1.24. The summed E-state index contributed by atoms with van der Waals surface area (Å²) in [7, 11) is -3.93. The molecule has 94 valence electrons. The molecule has 7 heteroatoms. The monoisotopic (exact) mass is 266 g/mol. The van der Waals surface area contributed by atoms with E-state index in [9.17, 15) is 13.2 Å². The molecule has 0 saturated heterocycles. The summed E-state index contributed by atoms with van der Waals surface area (Å²) in [6, 6.07) is 8.53. The molecule has 0 fully saturated rings. The number of nitrogens with one attached hydrogen (secondary N) is 1. The third kappa shape index (κ3) is 2.75. The Hall–Kier alpha value is -2.15. The highest BCUT2D eigenvalue weighted by Gasteiger charge is 2.16. The maximum absolute atomic E-state index is 11.8.